The lowest BCUT2D eigenvalue weighted by molar-refractivity contribution is 0.150. The van der Waals surface area contributed by atoms with Gasteiger partial charge in [-0.3, -0.25) is 0 Å². The van der Waals surface area contributed by atoms with E-state index in [1.54, 1.807) is 0 Å². The molecule has 1 aromatic carbocycles. The van der Waals surface area contributed by atoms with E-state index in [1.807, 2.05) is 32.0 Å². The molecule has 0 bridgehead atoms. The summed E-state index contributed by atoms with van der Waals surface area (Å²) in [6.45, 7) is 4.09. The van der Waals surface area contributed by atoms with Crippen molar-refractivity contribution in [1.29, 1.82) is 0 Å². The first-order valence-electron chi connectivity index (χ1n) is 5.61. The highest BCUT2D eigenvalue weighted by Gasteiger charge is 2.32. The fraction of sp³-hybridized carbons (Fsp3) is 0.538. The van der Waals surface area contributed by atoms with E-state index in [2.05, 4.69) is 0 Å². The van der Waals surface area contributed by atoms with Crippen LogP contribution in [-0.2, 0) is 0 Å². The number of aliphatic hydroxyl groups is 1. The van der Waals surface area contributed by atoms with Crippen molar-refractivity contribution in [1.82, 2.24) is 0 Å². The summed E-state index contributed by atoms with van der Waals surface area (Å²) in [5, 5.41) is 20.0. The number of aromatic hydroxyl groups is 1. The highest BCUT2D eigenvalue weighted by atomic mass is 16.3. The van der Waals surface area contributed by atoms with Gasteiger partial charge in [-0.1, -0.05) is 32.0 Å². The summed E-state index contributed by atoms with van der Waals surface area (Å²) in [4.78, 5) is 0. The third kappa shape index (κ3) is 2.00. The van der Waals surface area contributed by atoms with Crippen LogP contribution in [-0.4, -0.2) is 10.2 Å². The molecule has 1 aromatic rings. The van der Waals surface area contributed by atoms with Crippen LogP contribution in [0, 0.1) is 5.92 Å². The largest absolute Gasteiger partial charge is 0.507 e. The molecule has 0 aliphatic heterocycles. The van der Waals surface area contributed by atoms with Gasteiger partial charge in [0.2, 0.25) is 0 Å². The summed E-state index contributed by atoms with van der Waals surface area (Å²) in [7, 11) is 0. The SMILES string of the molecule is CC(C)c1cccc(C(O)C2CC2)c1O. The molecule has 1 aliphatic carbocycles. The van der Waals surface area contributed by atoms with Gasteiger partial charge in [0.05, 0.1) is 6.10 Å². The van der Waals surface area contributed by atoms with Crippen molar-refractivity contribution in [2.45, 2.75) is 38.7 Å². The maximum atomic E-state index is 10.0. The van der Waals surface area contributed by atoms with Gasteiger partial charge in [-0.05, 0) is 30.2 Å². The van der Waals surface area contributed by atoms with Crippen molar-refractivity contribution < 1.29 is 10.2 Å². The van der Waals surface area contributed by atoms with E-state index in [1.165, 1.54) is 0 Å². The summed E-state index contributed by atoms with van der Waals surface area (Å²) >= 11 is 0. The minimum atomic E-state index is -0.483. The van der Waals surface area contributed by atoms with Crippen LogP contribution in [0.5, 0.6) is 5.75 Å². The molecule has 0 radical (unpaired) electrons. The number of phenolic OH excluding ortho intramolecular Hbond substituents is 1. The van der Waals surface area contributed by atoms with Crippen LogP contribution in [0.3, 0.4) is 0 Å². The van der Waals surface area contributed by atoms with Crippen LogP contribution in [0.4, 0.5) is 0 Å². The Labute approximate surface area is 90.6 Å². The van der Waals surface area contributed by atoms with Gasteiger partial charge in [-0.15, -0.1) is 0 Å². The van der Waals surface area contributed by atoms with E-state index >= 15 is 0 Å². The molecule has 2 N–H and O–H groups in total. The molecule has 0 heterocycles. The van der Waals surface area contributed by atoms with Crippen molar-refractivity contribution in [3.8, 4) is 5.75 Å². The lowest BCUT2D eigenvalue weighted by Gasteiger charge is -2.16. The molecule has 1 atom stereocenters. The minimum Gasteiger partial charge on any atom is -0.507 e. The summed E-state index contributed by atoms with van der Waals surface area (Å²) in [6, 6.07) is 5.66. The Morgan fingerprint density at radius 1 is 1.20 bits per heavy atom. The van der Waals surface area contributed by atoms with Crippen LogP contribution >= 0.6 is 0 Å². The third-order valence-corrected chi connectivity index (χ3v) is 3.11. The van der Waals surface area contributed by atoms with Crippen LogP contribution in [0.1, 0.15) is 49.8 Å². The maximum Gasteiger partial charge on any atom is 0.124 e. The fourth-order valence-corrected chi connectivity index (χ4v) is 1.95. The number of benzene rings is 1. The van der Waals surface area contributed by atoms with E-state index in [0.717, 1.165) is 18.4 Å². The zero-order chi connectivity index (χ0) is 11.0. The molecule has 0 spiro atoms. The molecule has 0 aromatic heterocycles. The molecule has 0 saturated heterocycles. The Kier molecular flexibility index (Phi) is 2.70. The Hall–Kier alpha value is -1.02. The van der Waals surface area contributed by atoms with E-state index < -0.39 is 6.10 Å². The molecule has 1 aliphatic rings. The van der Waals surface area contributed by atoms with Crippen molar-refractivity contribution >= 4 is 0 Å². The molecule has 82 valence electrons. The lowest BCUT2D eigenvalue weighted by Crippen LogP contribution is -2.02. The second-order valence-corrected chi connectivity index (χ2v) is 4.72. The molecular formula is C13H18O2. The first-order valence-corrected chi connectivity index (χ1v) is 5.61. The number of phenols is 1. The standard InChI is InChI=1S/C13H18O2/c1-8(2)10-4-3-5-11(13(10)15)12(14)9-6-7-9/h3-5,8-9,12,14-15H,6-7H2,1-2H3. The molecule has 0 amide bonds. The van der Waals surface area contributed by atoms with Gasteiger partial charge in [0.15, 0.2) is 0 Å². The zero-order valence-corrected chi connectivity index (χ0v) is 9.27. The lowest BCUT2D eigenvalue weighted by atomic mass is 9.95. The average Bonchev–Trinajstić information content (AvgIpc) is 3.00. The van der Waals surface area contributed by atoms with Gasteiger partial charge >= 0.3 is 0 Å². The van der Waals surface area contributed by atoms with Crippen LogP contribution in [0.15, 0.2) is 18.2 Å². The second-order valence-electron chi connectivity index (χ2n) is 4.72. The number of hydrogen-bond donors (Lipinski definition) is 2. The Balaban J connectivity index is 2.34. The van der Waals surface area contributed by atoms with Gasteiger partial charge < -0.3 is 10.2 Å². The van der Waals surface area contributed by atoms with E-state index in [9.17, 15) is 10.2 Å². The predicted molar refractivity (Wildman–Crippen MR) is 59.9 cm³/mol. The Morgan fingerprint density at radius 3 is 2.33 bits per heavy atom. The molecule has 1 unspecified atom stereocenters. The number of hydrogen-bond acceptors (Lipinski definition) is 2. The average molecular weight is 206 g/mol. The molecule has 2 nitrogen and oxygen atoms in total. The Bertz CT molecular complexity index is 354. The van der Waals surface area contributed by atoms with Crippen LogP contribution < -0.4 is 0 Å². The smallest absolute Gasteiger partial charge is 0.124 e. The maximum absolute atomic E-state index is 10.0. The van der Waals surface area contributed by atoms with Gasteiger partial charge in [-0.25, -0.2) is 0 Å². The molecular weight excluding hydrogens is 188 g/mol. The first kappa shape index (κ1) is 10.5. The fourth-order valence-electron chi connectivity index (χ4n) is 1.95. The zero-order valence-electron chi connectivity index (χ0n) is 9.27. The normalized spacial score (nSPS) is 18.1. The van der Waals surface area contributed by atoms with E-state index in [-0.39, 0.29) is 11.7 Å². The third-order valence-electron chi connectivity index (χ3n) is 3.11. The van der Waals surface area contributed by atoms with Crippen molar-refractivity contribution in [3.63, 3.8) is 0 Å². The van der Waals surface area contributed by atoms with Gasteiger partial charge in [0.1, 0.15) is 5.75 Å². The summed E-state index contributed by atoms with van der Waals surface area (Å²) in [5.74, 6) is 0.932. The molecule has 1 saturated carbocycles. The molecule has 2 rings (SSSR count). The highest BCUT2D eigenvalue weighted by Crippen LogP contribution is 2.44. The van der Waals surface area contributed by atoms with E-state index in [0.29, 0.717) is 11.5 Å². The highest BCUT2D eigenvalue weighted by molar-refractivity contribution is 5.43. The van der Waals surface area contributed by atoms with Crippen LogP contribution in [0.2, 0.25) is 0 Å². The molecule has 1 fully saturated rings. The summed E-state index contributed by atoms with van der Waals surface area (Å²) < 4.78 is 0. The van der Waals surface area contributed by atoms with Crippen molar-refractivity contribution in [2.75, 3.05) is 0 Å². The van der Waals surface area contributed by atoms with Gasteiger partial charge in [0, 0.05) is 5.56 Å². The van der Waals surface area contributed by atoms with Gasteiger partial charge in [0.25, 0.3) is 0 Å². The summed E-state index contributed by atoms with van der Waals surface area (Å²) in [6.07, 6.45) is 1.67. The molecule has 15 heavy (non-hydrogen) atoms. The van der Waals surface area contributed by atoms with E-state index in [4.69, 9.17) is 0 Å². The second kappa shape index (κ2) is 3.86. The number of para-hydroxylation sites is 1. The van der Waals surface area contributed by atoms with Crippen LogP contribution in [0.25, 0.3) is 0 Å². The van der Waals surface area contributed by atoms with Gasteiger partial charge in [-0.2, -0.15) is 0 Å². The quantitative estimate of drug-likeness (QED) is 0.798. The topological polar surface area (TPSA) is 40.5 Å². The first-order chi connectivity index (χ1) is 7.11. The number of rotatable bonds is 3. The predicted octanol–water partition coefficient (Wildman–Crippen LogP) is 2.96. The van der Waals surface area contributed by atoms with Crippen molar-refractivity contribution in [2.24, 2.45) is 5.92 Å². The number of aliphatic hydroxyl groups excluding tert-OH is 1. The van der Waals surface area contributed by atoms with Crippen molar-refractivity contribution in [3.05, 3.63) is 29.3 Å². The Morgan fingerprint density at radius 2 is 1.80 bits per heavy atom. The molecule has 2 heteroatoms. The summed E-state index contributed by atoms with van der Waals surface area (Å²) in [5.41, 5.74) is 1.62. The minimum absolute atomic E-state index is 0.284. The monoisotopic (exact) mass is 206 g/mol.